The fourth-order valence-electron chi connectivity index (χ4n) is 0.668. The zero-order chi connectivity index (χ0) is 10.3. The quantitative estimate of drug-likeness (QED) is 0.446. The number of hydrogen-bond acceptors (Lipinski definition) is 0. The van der Waals surface area contributed by atoms with Crippen molar-refractivity contribution in [2.45, 2.75) is 47.0 Å². The summed E-state index contributed by atoms with van der Waals surface area (Å²) in [6.45, 7) is 7.64. The van der Waals surface area contributed by atoms with E-state index >= 15 is 0 Å². The van der Waals surface area contributed by atoms with Crippen LogP contribution in [0, 0.1) is 17.3 Å². The topological polar surface area (TPSA) is 0 Å². The van der Waals surface area contributed by atoms with Crippen molar-refractivity contribution in [3.05, 3.63) is 11.9 Å². The Kier molecular flexibility index (Phi) is 5.46. The number of halogens is 1. The third-order valence-electron chi connectivity index (χ3n) is 1.67. The van der Waals surface area contributed by atoms with Crippen LogP contribution in [0.2, 0.25) is 0 Å². The second-order valence-electron chi connectivity index (χ2n) is 4.17. The summed E-state index contributed by atoms with van der Waals surface area (Å²) in [5.41, 5.74) is -0.403. The van der Waals surface area contributed by atoms with Crippen LogP contribution in [0.3, 0.4) is 0 Å². The van der Waals surface area contributed by atoms with Gasteiger partial charge in [-0.15, -0.1) is 0 Å². The van der Waals surface area contributed by atoms with Gasteiger partial charge in [-0.05, 0) is 6.42 Å². The summed E-state index contributed by atoms with van der Waals surface area (Å²) >= 11 is 0. The molecule has 0 aliphatic rings. The van der Waals surface area contributed by atoms with Crippen LogP contribution in [0.15, 0.2) is 11.9 Å². The molecule has 1 heteroatoms. The standard InChI is InChI=1S/C12H19F/c1-5-6-7-8-9-10-11(13)12(2,3)4/h10H,5-7H2,1-4H3/b11-10-. The van der Waals surface area contributed by atoms with Crippen LogP contribution in [0.1, 0.15) is 47.0 Å². The van der Waals surface area contributed by atoms with Crippen molar-refractivity contribution in [2.75, 3.05) is 0 Å². The predicted molar refractivity (Wildman–Crippen MR) is 55.9 cm³/mol. The molecule has 0 atom stereocenters. The van der Waals surface area contributed by atoms with Crippen LogP contribution in [-0.4, -0.2) is 0 Å². The first-order valence-corrected chi connectivity index (χ1v) is 4.83. The maximum absolute atomic E-state index is 13.2. The minimum Gasteiger partial charge on any atom is -0.211 e. The maximum atomic E-state index is 13.2. The zero-order valence-corrected chi connectivity index (χ0v) is 9.08. The predicted octanol–water partition coefficient (Wildman–Crippen LogP) is 4.08. The van der Waals surface area contributed by atoms with E-state index in [0.717, 1.165) is 19.3 Å². The maximum Gasteiger partial charge on any atom is 0.114 e. The van der Waals surface area contributed by atoms with E-state index in [1.165, 1.54) is 6.08 Å². The SMILES string of the molecule is CCCCC#C/C=C(\F)C(C)(C)C. The first kappa shape index (κ1) is 12.2. The average Bonchev–Trinajstić information content (AvgIpc) is 2.02. The molecule has 0 saturated heterocycles. The number of hydrogen-bond donors (Lipinski definition) is 0. The van der Waals surface area contributed by atoms with E-state index in [4.69, 9.17) is 0 Å². The van der Waals surface area contributed by atoms with E-state index in [2.05, 4.69) is 18.8 Å². The van der Waals surface area contributed by atoms with Gasteiger partial charge in [0.25, 0.3) is 0 Å². The molecule has 0 nitrogen and oxygen atoms in total. The summed E-state index contributed by atoms with van der Waals surface area (Å²) in [6.07, 6.45) is 4.48. The summed E-state index contributed by atoms with van der Waals surface area (Å²) in [7, 11) is 0. The monoisotopic (exact) mass is 182 g/mol. The van der Waals surface area contributed by atoms with Gasteiger partial charge >= 0.3 is 0 Å². The molecule has 0 aromatic rings. The molecule has 0 amide bonds. The van der Waals surface area contributed by atoms with Crippen molar-refractivity contribution in [3.8, 4) is 11.8 Å². The van der Waals surface area contributed by atoms with Gasteiger partial charge < -0.3 is 0 Å². The summed E-state index contributed by atoms with van der Waals surface area (Å²) < 4.78 is 13.2. The van der Waals surface area contributed by atoms with Crippen LogP contribution in [0.4, 0.5) is 4.39 Å². The molecule has 0 aromatic heterocycles. The highest BCUT2D eigenvalue weighted by Gasteiger charge is 2.15. The fraction of sp³-hybridized carbons (Fsp3) is 0.667. The Morgan fingerprint density at radius 2 is 2.00 bits per heavy atom. The van der Waals surface area contributed by atoms with Gasteiger partial charge in [0.1, 0.15) is 5.83 Å². The Hall–Kier alpha value is -0.770. The second-order valence-corrected chi connectivity index (χ2v) is 4.17. The average molecular weight is 182 g/mol. The van der Waals surface area contributed by atoms with Crippen LogP contribution in [0.5, 0.6) is 0 Å². The Morgan fingerprint density at radius 3 is 2.46 bits per heavy atom. The molecule has 0 N–H and O–H groups in total. The van der Waals surface area contributed by atoms with Gasteiger partial charge in [-0.1, -0.05) is 46.0 Å². The lowest BCUT2D eigenvalue weighted by atomic mass is 9.95. The highest BCUT2D eigenvalue weighted by Crippen LogP contribution is 2.25. The Bertz CT molecular complexity index is 220. The van der Waals surface area contributed by atoms with Crippen molar-refractivity contribution >= 4 is 0 Å². The molecule has 0 rings (SSSR count). The Labute approximate surface area is 81.2 Å². The molecule has 74 valence electrons. The van der Waals surface area contributed by atoms with Crippen LogP contribution < -0.4 is 0 Å². The van der Waals surface area contributed by atoms with Crippen LogP contribution in [-0.2, 0) is 0 Å². The Morgan fingerprint density at radius 1 is 1.38 bits per heavy atom. The molecule has 0 aliphatic carbocycles. The molecule has 0 unspecified atom stereocenters. The van der Waals surface area contributed by atoms with Gasteiger partial charge in [0.15, 0.2) is 0 Å². The van der Waals surface area contributed by atoms with E-state index in [1.54, 1.807) is 0 Å². The van der Waals surface area contributed by atoms with Gasteiger partial charge in [0.05, 0.1) is 0 Å². The van der Waals surface area contributed by atoms with Crippen LogP contribution in [0.25, 0.3) is 0 Å². The van der Waals surface area contributed by atoms with Crippen molar-refractivity contribution in [1.82, 2.24) is 0 Å². The van der Waals surface area contributed by atoms with E-state index < -0.39 is 5.41 Å². The van der Waals surface area contributed by atoms with E-state index in [9.17, 15) is 4.39 Å². The van der Waals surface area contributed by atoms with Crippen molar-refractivity contribution in [2.24, 2.45) is 5.41 Å². The van der Waals surface area contributed by atoms with E-state index in [0.29, 0.717) is 0 Å². The number of allylic oxidation sites excluding steroid dienone is 2. The second kappa shape index (κ2) is 5.80. The van der Waals surface area contributed by atoms with Crippen molar-refractivity contribution < 1.29 is 4.39 Å². The van der Waals surface area contributed by atoms with E-state index in [-0.39, 0.29) is 5.83 Å². The third-order valence-corrected chi connectivity index (χ3v) is 1.67. The van der Waals surface area contributed by atoms with Crippen molar-refractivity contribution in [1.29, 1.82) is 0 Å². The number of rotatable bonds is 2. The summed E-state index contributed by atoms with van der Waals surface area (Å²) in [5, 5.41) is 0. The van der Waals surface area contributed by atoms with Gasteiger partial charge in [-0.25, -0.2) is 4.39 Å². The molecular formula is C12H19F. The summed E-state index contributed by atoms with van der Waals surface area (Å²) in [4.78, 5) is 0. The molecule has 0 saturated carbocycles. The molecule has 0 radical (unpaired) electrons. The van der Waals surface area contributed by atoms with Gasteiger partial charge in [-0.2, -0.15) is 0 Å². The van der Waals surface area contributed by atoms with Crippen molar-refractivity contribution in [3.63, 3.8) is 0 Å². The first-order chi connectivity index (χ1) is 5.98. The molecule has 0 fully saturated rings. The fourth-order valence-corrected chi connectivity index (χ4v) is 0.668. The zero-order valence-electron chi connectivity index (χ0n) is 9.08. The minimum atomic E-state index is -0.403. The molecular weight excluding hydrogens is 163 g/mol. The van der Waals surface area contributed by atoms with Crippen LogP contribution >= 0.6 is 0 Å². The largest absolute Gasteiger partial charge is 0.211 e. The van der Waals surface area contributed by atoms with Gasteiger partial charge in [0, 0.05) is 17.9 Å². The summed E-state index contributed by atoms with van der Waals surface area (Å²) in [6, 6.07) is 0. The Balaban J connectivity index is 4.01. The smallest absolute Gasteiger partial charge is 0.114 e. The lowest BCUT2D eigenvalue weighted by Crippen LogP contribution is -2.04. The molecule has 0 spiro atoms. The minimum absolute atomic E-state index is 0.142. The normalized spacial score (nSPS) is 12.2. The summed E-state index contributed by atoms with van der Waals surface area (Å²) in [5.74, 6) is 5.52. The molecule has 0 aromatic carbocycles. The number of unbranched alkanes of at least 4 members (excludes halogenated alkanes) is 2. The van der Waals surface area contributed by atoms with E-state index in [1.807, 2.05) is 20.8 Å². The van der Waals surface area contributed by atoms with Gasteiger partial charge in [-0.3, -0.25) is 0 Å². The molecule has 0 aliphatic heterocycles. The molecule has 0 heterocycles. The lowest BCUT2D eigenvalue weighted by molar-refractivity contribution is 0.384. The molecule has 13 heavy (non-hydrogen) atoms. The third kappa shape index (κ3) is 6.40. The lowest BCUT2D eigenvalue weighted by Gasteiger charge is -2.13. The van der Waals surface area contributed by atoms with Gasteiger partial charge in [0.2, 0.25) is 0 Å². The molecule has 0 bridgehead atoms. The highest BCUT2D eigenvalue weighted by molar-refractivity contribution is 5.20. The highest BCUT2D eigenvalue weighted by atomic mass is 19.1. The first-order valence-electron chi connectivity index (χ1n) is 4.83.